The molecule has 1 rings (SSSR count). The van der Waals surface area contributed by atoms with Gasteiger partial charge in [-0.15, -0.1) is 0 Å². The Morgan fingerprint density at radius 2 is 2.62 bits per heavy atom. The summed E-state index contributed by atoms with van der Waals surface area (Å²) in [5, 5.41) is 9.34. The molecule has 4 heteroatoms. The predicted octanol–water partition coefficient (Wildman–Crippen LogP) is -0.293. The summed E-state index contributed by atoms with van der Waals surface area (Å²) in [5.74, 6) is -0.414. The van der Waals surface area contributed by atoms with Crippen LogP contribution in [0.15, 0.2) is 0 Å². The SMILES string of the molecule is [2H]CN1CCC[C@@]1(C[C@@H](C)O)C(N)=O. The van der Waals surface area contributed by atoms with Crippen molar-refractivity contribution in [2.24, 2.45) is 5.73 Å². The number of carbonyl (C=O) groups excluding carboxylic acids is 1. The van der Waals surface area contributed by atoms with E-state index < -0.39 is 17.6 Å². The highest BCUT2D eigenvalue weighted by Crippen LogP contribution is 2.31. The summed E-state index contributed by atoms with van der Waals surface area (Å²) < 4.78 is 7.33. The Morgan fingerprint density at radius 3 is 3.08 bits per heavy atom. The van der Waals surface area contributed by atoms with Crippen LogP contribution in [0.3, 0.4) is 0 Å². The first-order chi connectivity index (χ1) is 6.53. The topological polar surface area (TPSA) is 66.6 Å². The zero-order valence-electron chi connectivity index (χ0n) is 8.99. The van der Waals surface area contributed by atoms with Crippen LogP contribution in [-0.2, 0) is 4.79 Å². The second-order valence-electron chi connectivity index (χ2n) is 3.82. The molecule has 1 fully saturated rings. The number of primary amides is 1. The summed E-state index contributed by atoms with van der Waals surface area (Å²) in [5.41, 5.74) is 4.59. The maximum atomic E-state index is 11.4. The van der Waals surface area contributed by atoms with Gasteiger partial charge in [0.15, 0.2) is 0 Å². The third-order valence-corrected chi connectivity index (χ3v) is 2.72. The van der Waals surface area contributed by atoms with Crippen LogP contribution in [0.4, 0.5) is 0 Å². The van der Waals surface area contributed by atoms with Gasteiger partial charge in [-0.2, -0.15) is 0 Å². The molecule has 4 nitrogen and oxygen atoms in total. The fourth-order valence-electron chi connectivity index (χ4n) is 2.03. The van der Waals surface area contributed by atoms with Crippen molar-refractivity contribution < 1.29 is 11.3 Å². The van der Waals surface area contributed by atoms with Gasteiger partial charge in [-0.05, 0) is 33.3 Å². The van der Waals surface area contributed by atoms with Gasteiger partial charge in [-0.3, -0.25) is 9.69 Å². The molecule has 0 aliphatic carbocycles. The number of nitrogens with zero attached hydrogens (tertiary/aromatic N) is 1. The molecule has 3 N–H and O–H groups in total. The summed E-state index contributed by atoms with van der Waals surface area (Å²) in [6.45, 7) is 2.37. The average molecular weight is 187 g/mol. The molecule has 1 saturated heterocycles. The first-order valence-electron chi connectivity index (χ1n) is 5.26. The predicted molar refractivity (Wildman–Crippen MR) is 50.1 cm³/mol. The molecule has 76 valence electrons. The van der Waals surface area contributed by atoms with Gasteiger partial charge in [0.1, 0.15) is 5.54 Å². The molecule has 0 aromatic rings. The number of carbonyl (C=O) groups is 1. The van der Waals surface area contributed by atoms with E-state index in [1.165, 1.54) is 0 Å². The highest BCUT2D eigenvalue weighted by molar-refractivity contribution is 5.85. The van der Waals surface area contributed by atoms with Gasteiger partial charge in [-0.25, -0.2) is 0 Å². The van der Waals surface area contributed by atoms with Gasteiger partial charge in [-0.1, -0.05) is 0 Å². The lowest BCUT2D eigenvalue weighted by Crippen LogP contribution is -2.53. The van der Waals surface area contributed by atoms with Crippen molar-refractivity contribution in [3.8, 4) is 0 Å². The third-order valence-electron chi connectivity index (χ3n) is 2.72. The number of aliphatic hydroxyl groups is 1. The minimum absolute atomic E-state index is 0.0651. The third kappa shape index (κ3) is 1.84. The van der Waals surface area contributed by atoms with E-state index in [0.29, 0.717) is 12.8 Å². The Labute approximate surface area is 80.1 Å². The second kappa shape index (κ2) is 3.64. The molecule has 1 amide bonds. The van der Waals surface area contributed by atoms with Crippen LogP contribution >= 0.6 is 0 Å². The maximum absolute atomic E-state index is 11.4. The summed E-state index contributed by atoms with van der Waals surface area (Å²) in [6, 6.07) is 0. The van der Waals surface area contributed by atoms with Crippen LogP contribution in [0.1, 0.15) is 27.6 Å². The monoisotopic (exact) mass is 187 g/mol. The molecule has 13 heavy (non-hydrogen) atoms. The summed E-state index contributed by atoms with van der Waals surface area (Å²) in [6.07, 6.45) is 1.30. The van der Waals surface area contributed by atoms with Crippen molar-refractivity contribution in [2.45, 2.75) is 37.8 Å². The van der Waals surface area contributed by atoms with E-state index in [-0.39, 0.29) is 7.02 Å². The van der Waals surface area contributed by atoms with E-state index in [1.807, 2.05) is 0 Å². The van der Waals surface area contributed by atoms with Gasteiger partial charge < -0.3 is 10.8 Å². The number of likely N-dealkylation sites (tertiary alicyclic amines) is 1. The molecule has 2 atom stereocenters. The molecule has 0 spiro atoms. The Bertz CT molecular complexity index is 223. The summed E-state index contributed by atoms with van der Waals surface area (Å²) >= 11 is 0. The Morgan fingerprint density at radius 1 is 1.92 bits per heavy atom. The Balaban J connectivity index is 2.85. The van der Waals surface area contributed by atoms with Crippen LogP contribution in [0.5, 0.6) is 0 Å². The smallest absolute Gasteiger partial charge is 0.238 e. The fourth-order valence-corrected chi connectivity index (χ4v) is 2.03. The van der Waals surface area contributed by atoms with Crippen molar-refractivity contribution in [1.29, 1.82) is 0 Å². The average Bonchev–Trinajstić information content (AvgIpc) is 2.47. The molecule has 1 aliphatic rings. The van der Waals surface area contributed by atoms with Gasteiger partial charge in [0, 0.05) is 7.79 Å². The number of likely N-dealkylation sites (N-methyl/N-ethyl adjacent to an activating group) is 1. The molecular weight excluding hydrogens is 168 g/mol. The largest absolute Gasteiger partial charge is 0.393 e. The van der Waals surface area contributed by atoms with Crippen LogP contribution in [-0.4, -0.2) is 41.1 Å². The van der Waals surface area contributed by atoms with Crippen molar-refractivity contribution in [1.82, 2.24) is 4.90 Å². The Hall–Kier alpha value is -0.610. The highest BCUT2D eigenvalue weighted by Gasteiger charge is 2.44. The second-order valence-corrected chi connectivity index (χ2v) is 3.82. The molecule has 0 aromatic heterocycles. The molecule has 1 heterocycles. The lowest BCUT2D eigenvalue weighted by Gasteiger charge is -2.33. The van der Waals surface area contributed by atoms with Gasteiger partial charge >= 0.3 is 0 Å². The summed E-state index contributed by atoms with van der Waals surface area (Å²) in [7, 11) is 0.0651. The highest BCUT2D eigenvalue weighted by atomic mass is 16.3. The molecule has 0 saturated carbocycles. The van der Waals surface area contributed by atoms with Gasteiger partial charge in [0.25, 0.3) is 0 Å². The minimum Gasteiger partial charge on any atom is -0.393 e. The van der Waals surface area contributed by atoms with Crippen LogP contribution in [0.2, 0.25) is 0 Å². The number of aliphatic hydroxyl groups excluding tert-OH is 1. The fraction of sp³-hybridized carbons (Fsp3) is 0.889. The molecule has 0 bridgehead atoms. The van der Waals surface area contributed by atoms with Crippen molar-refractivity contribution in [3.63, 3.8) is 0 Å². The van der Waals surface area contributed by atoms with Crippen molar-refractivity contribution in [3.05, 3.63) is 0 Å². The molecular formula is C9H18N2O2. The van der Waals surface area contributed by atoms with E-state index in [2.05, 4.69) is 0 Å². The van der Waals surface area contributed by atoms with E-state index in [0.717, 1.165) is 13.0 Å². The zero-order chi connectivity index (χ0) is 10.8. The number of hydrogen-bond acceptors (Lipinski definition) is 3. The Kier molecular flexibility index (Phi) is 2.51. The molecule has 1 aliphatic heterocycles. The lowest BCUT2D eigenvalue weighted by molar-refractivity contribution is -0.129. The number of rotatable bonds is 3. The van der Waals surface area contributed by atoms with E-state index in [1.54, 1.807) is 11.8 Å². The quantitative estimate of drug-likeness (QED) is 0.638. The normalized spacial score (nSPS) is 32.9. The lowest BCUT2D eigenvalue weighted by atomic mass is 9.89. The number of nitrogens with two attached hydrogens (primary N) is 1. The first-order valence-corrected chi connectivity index (χ1v) is 4.55. The van der Waals surface area contributed by atoms with E-state index >= 15 is 0 Å². The van der Waals surface area contributed by atoms with E-state index in [4.69, 9.17) is 7.10 Å². The number of hydrogen-bond donors (Lipinski definition) is 2. The minimum atomic E-state index is -0.782. The molecule has 0 radical (unpaired) electrons. The van der Waals surface area contributed by atoms with Crippen molar-refractivity contribution >= 4 is 5.91 Å². The van der Waals surface area contributed by atoms with E-state index in [9.17, 15) is 9.90 Å². The number of amides is 1. The van der Waals surface area contributed by atoms with Gasteiger partial charge in [0.2, 0.25) is 5.91 Å². The zero-order valence-corrected chi connectivity index (χ0v) is 7.99. The van der Waals surface area contributed by atoms with Crippen LogP contribution in [0, 0.1) is 0 Å². The van der Waals surface area contributed by atoms with Crippen LogP contribution < -0.4 is 5.73 Å². The first kappa shape index (κ1) is 8.97. The van der Waals surface area contributed by atoms with Gasteiger partial charge in [0.05, 0.1) is 6.10 Å². The molecule has 0 unspecified atom stereocenters. The molecule has 0 aromatic carbocycles. The summed E-state index contributed by atoms with van der Waals surface area (Å²) in [4.78, 5) is 13.2. The van der Waals surface area contributed by atoms with Crippen LogP contribution in [0.25, 0.3) is 0 Å². The maximum Gasteiger partial charge on any atom is 0.238 e. The van der Waals surface area contributed by atoms with Crippen molar-refractivity contribution in [2.75, 3.05) is 13.6 Å². The standard InChI is InChI=1S/C9H18N2O2/c1-7(12)6-9(8(10)13)4-3-5-11(9)2/h7,12H,3-6H2,1-2H3,(H2,10,13)/t7-,9-/m1/s1/i2D.